The Labute approximate surface area is 107 Å². The summed E-state index contributed by atoms with van der Waals surface area (Å²) >= 11 is 0. The van der Waals surface area contributed by atoms with Crippen molar-refractivity contribution in [1.82, 2.24) is 19.9 Å². The number of rotatable bonds is 4. The van der Waals surface area contributed by atoms with Crippen molar-refractivity contribution >= 4 is 5.82 Å². The third-order valence-electron chi connectivity index (χ3n) is 2.46. The van der Waals surface area contributed by atoms with E-state index < -0.39 is 0 Å². The molecule has 2 heterocycles. The molecule has 18 heavy (non-hydrogen) atoms. The summed E-state index contributed by atoms with van der Waals surface area (Å²) in [6.07, 6.45) is 4.13. The van der Waals surface area contributed by atoms with Crippen LogP contribution in [0.1, 0.15) is 19.5 Å². The highest BCUT2D eigenvalue weighted by atomic mass is 15.0. The Morgan fingerprint density at radius 1 is 1.28 bits per heavy atom. The molecule has 0 saturated heterocycles. The lowest BCUT2D eigenvalue weighted by molar-refractivity contribution is 0.635. The van der Waals surface area contributed by atoms with Gasteiger partial charge in [0.05, 0.1) is 0 Å². The Morgan fingerprint density at radius 3 is 2.72 bits per heavy atom. The van der Waals surface area contributed by atoms with E-state index in [1.807, 2.05) is 19.2 Å². The van der Waals surface area contributed by atoms with E-state index in [1.54, 1.807) is 6.20 Å². The molecule has 0 unspecified atom stereocenters. The summed E-state index contributed by atoms with van der Waals surface area (Å²) in [5.74, 6) is 2.01. The third-order valence-corrected chi connectivity index (χ3v) is 2.46. The quantitative estimate of drug-likeness (QED) is 0.891. The fourth-order valence-electron chi connectivity index (χ4n) is 1.69. The van der Waals surface area contributed by atoms with Crippen LogP contribution in [0.25, 0.3) is 11.5 Å². The van der Waals surface area contributed by atoms with E-state index in [1.165, 1.54) is 6.33 Å². The van der Waals surface area contributed by atoms with Crippen LogP contribution in [0.15, 0.2) is 24.7 Å². The van der Waals surface area contributed by atoms with Crippen molar-refractivity contribution in [2.24, 2.45) is 5.92 Å². The molecule has 0 radical (unpaired) electrons. The van der Waals surface area contributed by atoms with Gasteiger partial charge in [-0.25, -0.2) is 19.9 Å². The lowest BCUT2D eigenvalue weighted by Crippen LogP contribution is -2.04. The van der Waals surface area contributed by atoms with Crippen molar-refractivity contribution in [3.05, 3.63) is 30.4 Å². The van der Waals surface area contributed by atoms with Crippen LogP contribution in [0.3, 0.4) is 0 Å². The maximum atomic E-state index is 4.55. The molecule has 5 heteroatoms. The molecule has 94 valence electrons. The van der Waals surface area contributed by atoms with Crippen LogP contribution in [0.2, 0.25) is 0 Å². The van der Waals surface area contributed by atoms with E-state index in [0.29, 0.717) is 11.7 Å². The number of nitrogens with zero attached hydrogens (tertiary/aromatic N) is 4. The minimum absolute atomic E-state index is 0.558. The zero-order chi connectivity index (χ0) is 13.0. The van der Waals surface area contributed by atoms with Crippen molar-refractivity contribution in [2.45, 2.75) is 20.3 Å². The van der Waals surface area contributed by atoms with Gasteiger partial charge in [-0.3, -0.25) is 0 Å². The minimum atomic E-state index is 0.558. The molecule has 0 aliphatic heterocycles. The topological polar surface area (TPSA) is 63.6 Å². The minimum Gasteiger partial charge on any atom is -0.373 e. The first-order valence-electron chi connectivity index (χ1n) is 6.01. The van der Waals surface area contributed by atoms with Crippen molar-refractivity contribution in [2.75, 3.05) is 12.4 Å². The molecule has 2 rings (SSSR count). The molecule has 0 saturated carbocycles. The highest BCUT2D eigenvalue weighted by molar-refractivity contribution is 5.52. The van der Waals surface area contributed by atoms with Gasteiger partial charge < -0.3 is 5.32 Å². The van der Waals surface area contributed by atoms with Gasteiger partial charge in [0.2, 0.25) is 0 Å². The summed E-state index contributed by atoms with van der Waals surface area (Å²) in [6, 6.07) is 3.79. The van der Waals surface area contributed by atoms with Crippen LogP contribution in [-0.2, 0) is 6.42 Å². The average molecular weight is 243 g/mol. The lowest BCUT2D eigenvalue weighted by atomic mass is 10.1. The van der Waals surface area contributed by atoms with Gasteiger partial charge in [-0.15, -0.1) is 0 Å². The molecule has 0 amide bonds. The van der Waals surface area contributed by atoms with Crippen LogP contribution < -0.4 is 5.32 Å². The Bertz CT molecular complexity index is 510. The van der Waals surface area contributed by atoms with Crippen LogP contribution in [-0.4, -0.2) is 27.0 Å². The SMILES string of the molecule is CNc1cc(CC(C)C)nc(-c2ccncn2)n1. The fourth-order valence-corrected chi connectivity index (χ4v) is 1.69. The lowest BCUT2D eigenvalue weighted by Gasteiger charge is -2.08. The third kappa shape index (κ3) is 3.00. The predicted octanol–water partition coefficient (Wildman–Crippen LogP) is 2.17. The first kappa shape index (κ1) is 12.4. The van der Waals surface area contributed by atoms with E-state index in [4.69, 9.17) is 0 Å². The van der Waals surface area contributed by atoms with E-state index in [2.05, 4.69) is 39.1 Å². The Morgan fingerprint density at radius 2 is 2.11 bits per heavy atom. The summed E-state index contributed by atoms with van der Waals surface area (Å²) in [5.41, 5.74) is 1.77. The number of hydrogen-bond donors (Lipinski definition) is 1. The Hall–Kier alpha value is -2.04. The second-order valence-corrected chi connectivity index (χ2v) is 4.51. The van der Waals surface area contributed by atoms with E-state index in [0.717, 1.165) is 23.6 Å². The summed E-state index contributed by atoms with van der Waals surface area (Å²) in [4.78, 5) is 17.1. The molecule has 5 nitrogen and oxygen atoms in total. The normalized spacial score (nSPS) is 10.7. The van der Waals surface area contributed by atoms with Crippen molar-refractivity contribution < 1.29 is 0 Å². The summed E-state index contributed by atoms with van der Waals surface area (Å²) in [6.45, 7) is 4.34. The van der Waals surface area contributed by atoms with Gasteiger partial charge in [0.25, 0.3) is 0 Å². The smallest absolute Gasteiger partial charge is 0.180 e. The average Bonchev–Trinajstić information content (AvgIpc) is 2.38. The molecule has 2 aromatic heterocycles. The molecule has 0 aliphatic rings. The molecular formula is C13H17N5. The van der Waals surface area contributed by atoms with E-state index in [9.17, 15) is 0 Å². The van der Waals surface area contributed by atoms with Crippen LogP contribution in [0, 0.1) is 5.92 Å². The molecule has 0 spiro atoms. The first-order valence-corrected chi connectivity index (χ1v) is 6.01. The molecule has 0 bridgehead atoms. The fraction of sp³-hybridized carbons (Fsp3) is 0.385. The van der Waals surface area contributed by atoms with Crippen LogP contribution >= 0.6 is 0 Å². The Balaban J connectivity index is 2.41. The monoisotopic (exact) mass is 243 g/mol. The van der Waals surface area contributed by atoms with Gasteiger partial charge in [0.1, 0.15) is 17.8 Å². The van der Waals surface area contributed by atoms with Gasteiger partial charge in [0, 0.05) is 25.0 Å². The highest BCUT2D eigenvalue weighted by Crippen LogP contribution is 2.16. The van der Waals surface area contributed by atoms with Gasteiger partial charge in [-0.1, -0.05) is 13.8 Å². The maximum Gasteiger partial charge on any atom is 0.180 e. The molecule has 1 N–H and O–H groups in total. The van der Waals surface area contributed by atoms with Crippen molar-refractivity contribution in [1.29, 1.82) is 0 Å². The van der Waals surface area contributed by atoms with Gasteiger partial charge >= 0.3 is 0 Å². The summed E-state index contributed by atoms with van der Waals surface area (Å²) in [5, 5.41) is 3.06. The van der Waals surface area contributed by atoms with Crippen molar-refractivity contribution in [3.63, 3.8) is 0 Å². The number of nitrogens with one attached hydrogen (secondary N) is 1. The predicted molar refractivity (Wildman–Crippen MR) is 71.1 cm³/mol. The molecule has 0 atom stereocenters. The van der Waals surface area contributed by atoms with Gasteiger partial charge in [0.15, 0.2) is 5.82 Å². The zero-order valence-electron chi connectivity index (χ0n) is 10.9. The number of anilines is 1. The standard InChI is InChI=1S/C13H17N5/c1-9(2)6-10-7-12(14-3)18-13(17-10)11-4-5-15-8-16-11/h4-5,7-9H,6H2,1-3H3,(H,14,17,18). The second-order valence-electron chi connectivity index (χ2n) is 4.51. The molecule has 0 aromatic carbocycles. The highest BCUT2D eigenvalue weighted by Gasteiger charge is 2.08. The van der Waals surface area contributed by atoms with Crippen LogP contribution in [0.4, 0.5) is 5.82 Å². The molecule has 0 aliphatic carbocycles. The van der Waals surface area contributed by atoms with Gasteiger partial charge in [-0.05, 0) is 18.4 Å². The van der Waals surface area contributed by atoms with E-state index in [-0.39, 0.29) is 0 Å². The number of hydrogen-bond acceptors (Lipinski definition) is 5. The number of aromatic nitrogens is 4. The summed E-state index contributed by atoms with van der Waals surface area (Å²) < 4.78 is 0. The first-order chi connectivity index (χ1) is 8.69. The largest absolute Gasteiger partial charge is 0.373 e. The van der Waals surface area contributed by atoms with E-state index >= 15 is 0 Å². The van der Waals surface area contributed by atoms with Crippen LogP contribution in [0.5, 0.6) is 0 Å². The molecular weight excluding hydrogens is 226 g/mol. The molecule has 0 fully saturated rings. The zero-order valence-corrected chi connectivity index (χ0v) is 10.9. The Kier molecular flexibility index (Phi) is 3.82. The van der Waals surface area contributed by atoms with Gasteiger partial charge in [-0.2, -0.15) is 0 Å². The van der Waals surface area contributed by atoms with Crippen molar-refractivity contribution in [3.8, 4) is 11.5 Å². The molecule has 2 aromatic rings. The summed E-state index contributed by atoms with van der Waals surface area (Å²) in [7, 11) is 1.85. The second kappa shape index (κ2) is 5.53. The maximum absolute atomic E-state index is 4.55.